The van der Waals surface area contributed by atoms with Crippen LogP contribution in [0.2, 0.25) is 0 Å². The van der Waals surface area contributed by atoms with E-state index in [1.165, 1.54) is 0 Å². The highest BCUT2D eigenvalue weighted by Gasteiger charge is 2.32. The fraction of sp³-hybridized carbons (Fsp3) is 0. The predicted molar refractivity (Wildman–Crippen MR) is 326 cm³/mol. The zero-order valence-electron chi connectivity index (χ0n) is 42.5. The van der Waals surface area contributed by atoms with Crippen LogP contribution in [0.4, 0.5) is 34.1 Å². The first-order valence-corrected chi connectivity index (χ1v) is 26.4. The fourth-order valence-corrected chi connectivity index (χ4v) is 11.8. The quantitative estimate of drug-likeness (QED) is 0.130. The first-order valence-electron chi connectivity index (χ1n) is 26.4. The molecule has 0 aliphatic rings. The number of hydrogen-bond acceptors (Lipinski definition) is 3. The molecule has 366 valence electrons. The smallest absolute Gasteiger partial charge is 0.104 e. The lowest BCUT2D eigenvalue weighted by Gasteiger charge is -2.29. The molecule has 0 radical (unpaired) electrons. The summed E-state index contributed by atoms with van der Waals surface area (Å²) < 4.78 is 4.72. The average Bonchev–Trinajstić information content (AvgIpc) is 4.15. The van der Waals surface area contributed by atoms with E-state index >= 15 is 0 Å². The fourth-order valence-electron chi connectivity index (χ4n) is 11.8. The van der Waals surface area contributed by atoms with E-state index in [1.807, 2.05) is 0 Å². The van der Waals surface area contributed by atoms with E-state index in [0.717, 1.165) is 122 Å². The summed E-state index contributed by atoms with van der Waals surface area (Å²) in [5, 5.41) is 17.0. The molecule has 5 heteroatoms. The van der Waals surface area contributed by atoms with Crippen LogP contribution in [0.5, 0.6) is 0 Å². The Bertz CT molecular complexity index is 4070. The maximum absolute atomic E-state index is 12.5. The number of fused-ring (bicyclic) bond motifs is 6. The molecule has 0 saturated carbocycles. The minimum atomic E-state index is 0.552. The van der Waals surface area contributed by atoms with Crippen LogP contribution >= 0.6 is 0 Å². The normalized spacial score (nSPS) is 11.3. The largest absolute Gasteiger partial charge is 0.311 e. The molecule has 0 N–H and O–H groups in total. The molecule has 5 nitrogen and oxygen atoms in total. The second-order valence-corrected chi connectivity index (χ2v) is 19.5. The van der Waals surface area contributed by atoms with Gasteiger partial charge < -0.3 is 18.9 Å². The number of hydrogen-bond donors (Lipinski definition) is 0. The van der Waals surface area contributed by atoms with Crippen molar-refractivity contribution in [1.82, 2.24) is 9.13 Å². The van der Waals surface area contributed by atoms with Crippen molar-refractivity contribution in [1.29, 1.82) is 5.26 Å². The van der Waals surface area contributed by atoms with E-state index in [1.54, 1.807) is 0 Å². The molecule has 14 aromatic rings. The Morgan fingerprint density at radius 2 is 0.487 bits per heavy atom. The van der Waals surface area contributed by atoms with Gasteiger partial charge in [0.1, 0.15) is 11.6 Å². The topological polar surface area (TPSA) is 40.1 Å². The van der Waals surface area contributed by atoms with Gasteiger partial charge in [0.25, 0.3) is 0 Å². The molecular weight excluding hydrogens is 947 g/mol. The molecule has 0 fully saturated rings. The Morgan fingerprint density at radius 3 is 0.782 bits per heavy atom. The maximum Gasteiger partial charge on any atom is 0.104 e. The monoisotopic (exact) mass is 995 g/mol. The van der Waals surface area contributed by atoms with E-state index in [0.29, 0.717) is 5.56 Å². The minimum Gasteiger partial charge on any atom is -0.311 e. The van der Waals surface area contributed by atoms with Gasteiger partial charge in [0.2, 0.25) is 0 Å². The first kappa shape index (κ1) is 45.9. The summed E-state index contributed by atoms with van der Waals surface area (Å²) >= 11 is 0. The highest BCUT2D eigenvalue weighted by molar-refractivity contribution is 6.15. The Labute approximate surface area is 453 Å². The average molecular weight is 996 g/mol. The van der Waals surface area contributed by atoms with E-state index < -0.39 is 0 Å². The highest BCUT2D eigenvalue weighted by Crippen LogP contribution is 2.53. The van der Waals surface area contributed by atoms with Crippen molar-refractivity contribution in [2.24, 2.45) is 0 Å². The number of benzene rings is 12. The summed E-state index contributed by atoms with van der Waals surface area (Å²) in [5.74, 6) is 0. The molecule has 0 aliphatic heterocycles. The lowest BCUT2D eigenvalue weighted by Crippen LogP contribution is -2.12. The Balaban J connectivity index is 1.15. The Morgan fingerprint density at radius 1 is 0.244 bits per heavy atom. The van der Waals surface area contributed by atoms with Crippen molar-refractivity contribution in [3.63, 3.8) is 0 Å². The van der Waals surface area contributed by atoms with Gasteiger partial charge in [-0.15, -0.1) is 0 Å². The third-order valence-corrected chi connectivity index (χ3v) is 15.1. The van der Waals surface area contributed by atoms with Crippen LogP contribution in [0.15, 0.2) is 297 Å². The highest BCUT2D eigenvalue weighted by atomic mass is 15.1. The van der Waals surface area contributed by atoms with Crippen molar-refractivity contribution in [2.75, 3.05) is 9.80 Å². The molecule has 14 rings (SSSR count). The van der Waals surface area contributed by atoms with Crippen LogP contribution in [-0.4, -0.2) is 9.13 Å². The summed E-state index contributed by atoms with van der Waals surface area (Å²) in [6.45, 7) is 0. The number of nitrogens with zero attached hydrogens (tertiary/aromatic N) is 5. The zero-order chi connectivity index (χ0) is 51.9. The van der Waals surface area contributed by atoms with Gasteiger partial charge in [0.05, 0.1) is 33.4 Å². The molecule has 0 atom stereocenters. The van der Waals surface area contributed by atoms with Crippen molar-refractivity contribution in [2.45, 2.75) is 0 Å². The number of nitriles is 1. The lowest BCUT2D eigenvalue weighted by molar-refractivity contribution is 1.12. The molecule has 2 heterocycles. The number of rotatable bonds is 11. The molecule has 12 aromatic carbocycles. The summed E-state index contributed by atoms with van der Waals surface area (Å²) in [4.78, 5) is 4.59. The standard InChI is InChI=1S/C73H49N5/c74-50-64-72(77-65-38-20-16-34-60(65)61-35-17-21-39-66(61)77)70(52-42-46-58(47-43-52)75(54-26-8-2-9-27-54)55-28-10-3-11-29-55)69(51-24-6-1-7-25-51)71(73(64)78-67-40-22-18-36-62(67)63-37-19-23-41-68(63)78)53-44-48-59(49-45-53)76(56-30-12-4-13-31-56)57-32-14-5-15-33-57/h1-49H. The molecule has 0 unspecified atom stereocenters. The number of aromatic nitrogens is 2. The second kappa shape index (κ2) is 19.6. The Hall–Kier alpha value is -10.7. The molecule has 0 amide bonds. The molecular formula is C73H49N5. The van der Waals surface area contributed by atoms with Crippen molar-refractivity contribution in [3.05, 3.63) is 303 Å². The van der Waals surface area contributed by atoms with Crippen molar-refractivity contribution >= 4 is 77.7 Å². The van der Waals surface area contributed by atoms with Gasteiger partial charge in [-0.1, -0.05) is 200 Å². The van der Waals surface area contributed by atoms with Gasteiger partial charge in [0, 0.05) is 72.4 Å². The zero-order valence-corrected chi connectivity index (χ0v) is 42.5. The number of anilines is 6. The molecule has 0 spiro atoms. The van der Waals surface area contributed by atoms with Gasteiger partial charge in [-0.3, -0.25) is 0 Å². The van der Waals surface area contributed by atoms with Crippen LogP contribution < -0.4 is 9.80 Å². The molecule has 0 saturated heterocycles. The van der Waals surface area contributed by atoms with E-state index in [9.17, 15) is 5.26 Å². The summed E-state index contributed by atoms with van der Waals surface area (Å²) in [7, 11) is 0. The number of para-hydroxylation sites is 8. The van der Waals surface area contributed by atoms with Gasteiger partial charge in [-0.2, -0.15) is 5.26 Å². The Kier molecular flexibility index (Phi) is 11.5. The van der Waals surface area contributed by atoms with Gasteiger partial charge in [-0.25, -0.2) is 0 Å². The summed E-state index contributed by atoms with van der Waals surface area (Å²) in [5.41, 5.74) is 18.3. The van der Waals surface area contributed by atoms with Crippen LogP contribution in [0.3, 0.4) is 0 Å². The second-order valence-electron chi connectivity index (χ2n) is 19.5. The summed E-state index contributed by atoms with van der Waals surface area (Å²) in [6, 6.07) is 108. The third-order valence-electron chi connectivity index (χ3n) is 15.1. The predicted octanol–water partition coefficient (Wildman–Crippen LogP) is 19.7. The lowest BCUT2D eigenvalue weighted by atomic mass is 9.82. The van der Waals surface area contributed by atoms with Crippen LogP contribution in [0.25, 0.3) is 88.4 Å². The molecule has 2 aromatic heterocycles. The van der Waals surface area contributed by atoms with Crippen molar-refractivity contribution in [3.8, 4) is 50.8 Å². The van der Waals surface area contributed by atoms with E-state index in [2.05, 4.69) is 322 Å². The van der Waals surface area contributed by atoms with Gasteiger partial charge in [0.15, 0.2) is 0 Å². The van der Waals surface area contributed by atoms with Gasteiger partial charge in [-0.05, 0) is 114 Å². The van der Waals surface area contributed by atoms with E-state index in [4.69, 9.17) is 0 Å². The van der Waals surface area contributed by atoms with Crippen LogP contribution in [0, 0.1) is 11.3 Å². The van der Waals surface area contributed by atoms with Crippen LogP contribution in [-0.2, 0) is 0 Å². The molecule has 0 aliphatic carbocycles. The summed E-state index contributed by atoms with van der Waals surface area (Å²) in [6.07, 6.45) is 0. The SMILES string of the molecule is N#Cc1c(-n2c3ccccc3c3ccccc32)c(-c2ccc(N(c3ccccc3)c3ccccc3)cc2)c(-c2ccccc2)c(-c2ccc(N(c3ccccc3)c3ccccc3)cc2)c1-n1c2ccccc2c2ccccc21. The molecule has 78 heavy (non-hydrogen) atoms. The maximum atomic E-state index is 12.5. The van der Waals surface area contributed by atoms with Crippen LogP contribution in [0.1, 0.15) is 5.56 Å². The van der Waals surface area contributed by atoms with Gasteiger partial charge >= 0.3 is 0 Å². The minimum absolute atomic E-state index is 0.552. The van der Waals surface area contributed by atoms with Crippen molar-refractivity contribution < 1.29 is 0 Å². The first-order chi connectivity index (χ1) is 38.7. The molecule has 0 bridgehead atoms. The van der Waals surface area contributed by atoms with E-state index in [-0.39, 0.29) is 0 Å². The third kappa shape index (κ3) is 7.70.